The lowest BCUT2D eigenvalue weighted by atomic mass is 10.1. The number of hydrogen-bond acceptors (Lipinski definition) is 4. The van der Waals surface area contributed by atoms with Crippen molar-refractivity contribution in [3.05, 3.63) is 24.3 Å². The molecule has 1 unspecified atom stereocenters. The normalized spacial score (nSPS) is 22.0. The van der Waals surface area contributed by atoms with E-state index in [9.17, 15) is 5.26 Å². The summed E-state index contributed by atoms with van der Waals surface area (Å²) < 4.78 is 5.45. The highest BCUT2D eigenvalue weighted by Gasteiger charge is 2.22. The van der Waals surface area contributed by atoms with Crippen molar-refractivity contribution in [3.63, 3.8) is 0 Å². The Kier molecular flexibility index (Phi) is 5.14. The number of piperidine rings is 1. The van der Waals surface area contributed by atoms with E-state index < -0.39 is 0 Å². The molecule has 2 aliphatic heterocycles. The van der Waals surface area contributed by atoms with Gasteiger partial charge in [-0.15, -0.1) is 0 Å². The number of rotatable bonds is 3. The van der Waals surface area contributed by atoms with Gasteiger partial charge in [-0.05, 0) is 31.9 Å². The number of morpholine rings is 1. The van der Waals surface area contributed by atoms with Crippen molar-refractivity contribution in [2.45, 2.75) is 32.2 Å². The molecule has 23 heavy (non-hydrogen) atoms. The van der Waals surface area contributed by atoms with Gasteiger partial charge in [-0.2, -0.15) is 5.26 Å². The third-order valence-corrected chi connectivity index (χ3v) is 4.52. The second kappa shape index (κ2) is 7.47. The summed E-state index contributed by atoms with van der Waals surface area (Å²) in [6.45, 7) is 6.22. The number of aliphatic imine (C=N–C) groups is 1. The minimum Gasteiger partial charge on any atom is -0.378 e. The van der Waals surface area contributed by atoms with Gasteiger partial charge in [0.15, 0.2) is 0 Å². The summed E-state index contributed by atoms with van der Waals surface area (Å²) in [7, 11) is 0. The van der Waals surface area contributed by atoms with Crippen LogP contribution in [-0.4, -0.2) is 49.6 Å². The predicted octanol–water partition coefficient (Wildman–Crippen LogP) is 2.95. The summed E-state index contributed by atoms with van der Waals surface area (Å²) in [5.74, 6) is 1.05. The molecule has 5 heteroatoms. The van der Waals surface area contributed by atoms with Crippen LogP contribution in [0.3, 0.4) is 0 Å². The highest BCUT2D eigenvalue weighted by Crippen LogP contribution is 2.30. The van der Waals surface area contributed by atoms with E-state index in [1.165, 1.54) is 5.69 Å². The third kappa shape index (κ3) is 3.65. The highest BCUT2D eigenvalue weighted by molar-refractivity contribution is 5.88. The van der Waals surface area contributed by atoms with Crippen molar-refractivity contribution in [3.8, 4) is 6.07 Å². The molecular weight excluding hydrogens is 288 g/mol. The van der Waals surface area contributed by atoms with Gasteiger partial charge in [-0.1, -0.05) is 12.1 Å². The van der Waals surface area contributed by atoms with Crippen LogP contribution in [0.25, 0.3) is 0 Å². The summed E-state index contributed by atoms with van der Waals surface area (Å²) in [4.78, 5) is 9.44. The summed E-state index contributed by atoms with van der Waals surface area (Å²) in [6.07, 6.45) is 3.23. The van der Waals surface area contributed by atoms with E-state index in [0.29, 0.717) is 0 Å². The molecule has 1 atom stereocenters. The van der Waals surface area contributed by atoms with Crippen LogP contribution in [-0.2, 0) is 4.74 Å². The highest BCUT2D eigenvalue weighted by atomic mass is 16.5. The van der Waals surface area contributed by atoms with E-state index in [2.05, 4.69) is 34.1 Å². The Morgan fingerprint density at radius 3 is 2.74 bits per heavy atom. The summed E-state index contributed by atoms with van der Waals surface area (Å²) in [6, 6.07) is 10.5. The zero-order chi connectivity index (χ0) is 16.1. The molecular formula is C18H24N4O. The fourth-order valence-electron chi connectivity index (χ4n) is 3.21. The van der Waals surface area contributed by atoms with E-state index in [0.717, 1.165) is 63.6 Å². The van der Waals surface area contributed by atoms with Gasteiger partial charge in [0.25, 0.3) is 0 Å². The maximum absolute atomic E-state index is 9.26. The quantitative estimate of drug-likeness (QED) is 0.861. The molecule has 0 N–H and O–H groups in total. The van der Waals surface area contributed by atoms with Gasteiger partial charge in [0, 0.05) is 26.1 Å². The maximum atomic E-state index is 9.26. The number of para-hydroxylation sites is 2. The van der Waals surface area contributed by atoms with E-state index in [-0.39, 0.29) is 6.04 Å². The first-order chi connectivity index (χ1) is 11.3. The van der Waals surface area contributed by atoms with Crippen molar-refractivity contribution in [1.29, 1.82) is 5.26 Å². The Bertz CT molecular complexity index is 601. The second-order valence-corrected chi connectivity index (χ2v) is 6.07. The van der Waals surface area contributed by atoms with Crippen LogP contribution < -0.4 is 4.90 Å². The fourth-order valence-corrected chi connectivity index (χ4v) is 3.21. The number of benzene rings is 1. The average Bonchev–Trinajstić information content (AvgIpc) is 2.63. The first-order valence-corrected chi connectivity index (χ1v) is 8.45. The van der Waals surface area contributed by atoms with Crippen LogP contribution >= 0.6 is 0 Å². The van der Waals surface area contributed by atoms with Gasteiger partial charge < -0.3 is 14.5 Å². The summed E-state index contributed by atoms with van der Waals surface area (Å²) in [5.41, 5.74) is 2.17. The zero-order valence-electron chi connectivity index (χ0n) is 13.7. The van der Waals surface area contributed by atoms with Crippen LogP contribution in [0.15, 0.2) is 29.3 Å². The molecule has 5 nitrogen and oxygen atoms in total. The molecule has 1 aromatic rings. The maximum Gasteiger partial charge on any atom is 0.115 e. The Hall–Kier alpha value is -2.06. The molecule has 0 aliphatic carbocycles. The Morgan fingerprint density at radius 1 is 1.17 bits per heavy atom. The van der Waals surface area contributed by atoms with Crippen LogP contribution in [0.5, 0.6) is 0 Å². The lowest BCUT2D eigenvalue weighted by Gasteiger charge is -2.33. The van der Waals surface area contributed by atoms with Gasteiger partial charge in [0.2, 0.25) is 0 Å². The van der Waals surface area contributed by atoms with Gasteiger partial charge in [0.05, 0.1) is 30.7 Å². The van der Waals surface area contributed by atoms with Crippen molar-refractivity contribution in [2.75, 3.05) is 37.7 Å². The van der Waals surface area contributed by atoms with Crippen LogP contribution in [0.1, 0.15) is 26.2 Å². The van der Waals surface area contributed by atoms with Gasteiger partial charge >= 0.3 is 0 Å². The van der Waals surface area contributed by atoms with Gasteiger partial charge in [-0.25, -0.2) is 4.99 Å². The number of nitrogens with zero attached hydrogens (tertiary/aromatic N) is 4. The molecule has 0 amide bonds. The SMILES string of the molecule is CC(C#N)N1CCCC/C1=N\c1ccccc1N1CCOCC1. The molecule has 0 spiro atoms. The largest absolute Gasteiger partial charge is 0.378 e. The monoisotopic (exact) mass is 312 g/mol. The van der Waals surface area contributed by atoms with Gasteiger partial charge in [-0.3, -0.25) is 0 Å². The molecule has 1 aromatic carbocycles. The topological polar surface area (TPSA) is 51.9 Å². The number of ether oxygens (including phenoxy) is 1. The number of hydrogen-bond donors (Lipinski definition) is 0. The Labute approximate surface area is 138 Å². The first kappa shape index (κ1) is 15.8. The smallest absolute Gasteiger partial charge is 0.115 e. The third-order valence-electron chi connectivity index (χ3n) is 4.52. The van der Waals surface area contributed by atoms with Crippen molar-refractivity contribution in [1.82, 2.24) is 4.90 Å². The molecule has 0 saturated carbocycles. The van der Waals surface area contributed by atoms with E-state index in [1.807, 2.05) is 13.0 Å². The molecule has 0 radical (unpaired) electrons. The average molecular weight is 312 g/mol. The van der Waals surface area contributed by atoms with Crippen LogP contribution in [0.2, 0.25) is 0 Å². The molecule has 122 valence electrons. The molecule has 2 aliphatic rings. The van der Waals surface area contributed by atoms with Gasteiger partial charge in [0.1, 0.15) is 11.9 Å². The van der Waals surface area contributed by atoms with Crippen molar-refractivity contribution in [2.24, 2.45) is 4.99 Å². The number of nitriles is 1. The molecule has 0 aromatic heterocycles. The summed E-state index contributed by atoms with van der Waals surface area (Å²) >= 11 is 0. The number of anilines is 1. The molecule has 3 rings (SSSR count). The number of likely N-dealkylation sites (tertiary alicyclic amines) is 1. The molecule has 2 heterocycles. The first-order valence-electron chi connectivity index (χ1n) is 8.45. The summed E-state index contributed by atoms with van der Waals surface area (Å²) in [5, 5.41) is 9.26. The fraction of sp³-hybridized carbons (Fsp3) is 0.556. The minimum absolute atomic E-state index is 0.121. The number of amidine groups is 1. The molecule has 0 bridgehead atoms. The molecule has 2 fully saturated rings. The lowest BCUT2D eigenvalue weighted by molar-refractivity contribution is 0.123. The minimum atomic E-state index is -0.121. The standard InChI is InChI=1S/C18H24N4O/c1-15(14-19)22-9-5-4-8-18(22)20-16-6-2-3-7-17(16)21-10-12-23-13-11-21/h2-3,6-7,15H,4-5,8-13H2,1H3/b20-18+. The van der Waals surface area contributed by atoms with Crippen molar-refractivity contribution >= 4 is 17.2 Å². The molecule has 2 saturated heterocycles. The van der Waals surface area contributed by atoms with Crippen LogP contribution in [0.4, 0.5) is 11.4 Å². The lowest BCUT2D eigenvalue weighted by Crippen LogP contribution is -2.41. The zero-order valence-corrected chi connectivity index (χ0v) is 13.7. The van der Waals surface area contributed by atoms with E-state index in [1.54, 1.807) is 0 Å². The predicted molar refractivity (Wildman–Crippen MR) is 92.2 cm³/mol. The van der Waals surface area contributed by atoms with E-state index >= 15 is 0 Å². The van der Waals surface area contributed by atoms with Crippen molar-refractivity contribution < 1.29 is 4.74 Å². The second-order valence-electron chi connectivity index (χ2n) is 6.07. The van der Waals surface area contributed by atoms with Crippen LogP contribution in [0, 0.1) is 11.3 Å². The van der Waals surface area contributed by atoms with E-state index in [4.69, 9.17) is 9.73 Å². The Balaban J connectivity index is 1.89. The Morgan fingerprint density at radius 2 is 1.96 bits per heavy atom.